The number of hydrogen-bond donors (Lipinski definition) is 0. The van der Waals surface area contributed by atoms with Gasteiger partial charge < -0.3 is 8.83 Å². The number of hydrogen-bond acceptors (Lipinski definition) is 5. The van der Waals surface area contributed by atoms with E-state index in [0.717, 1.165) is 16.6 Å². The molecule has 0 unspecified atom stereocenters. The molecular formula is C19H14N2O3. The second-order valence-corrected chi connectivity index (χ2v) is 5.58. The summed E-state index contributed by atoms with van der Waals surface area (Å²) in [6.45, 7) is 1.57. The zero-order chi connectivity index (χ0) is 16.5. The van der Waals surface area contributed by atoms with Crippen LogP contribution in [0.2, 0.25) is 0 Å². The van der Waals surface area contributed by atoms with E-state index in [1.807, 2.05) is 36.4 Å². The van der Waals surface area contributed by atoms with Gasteiger partial charge in [-0.2, -0.15) is 0 Å². The van der Waals surface area contributed by atoms with Gasteiger partial charge in [-0.3, -0.25) is 4.79 Å². The summed E-state index contributed by atoms with van der Waals surface area (Å²) >= 11 is 0. The Hall–Kier alpha value is -3.21. The molecule has 118 valence electrons. The Balaban J connectivity index is 1.94. The smallest absolute Gasteiger partial charge is 0.154 e. The van der Waals surface area contributed by atoms with Crippen molar-refractivity contribution in [2.45, 2.75) is 13.3 Å². The number of fused-ring (bicyclic) bond motifs is 1. The predicted octanol–water partition coefficient (Wildman–Crippen LogP) is 4.28. The number of rotatable bonds is 4. The SMILES string of the molecule is CC(=O)Cc1ccc2nc(-c3ccco3)c(-c3ccco3)nc2c1. The second-order valence-electron chi connectivity index (χ2n) is 5.58. The van der Waals surface area contributed by atoms with Crippen molar-refractivity contribution in [3.63, 3.8) is 0 Å². The van der Waals surface area contributed by atoms with Crippen LogP contribution in [0.1, 0.15) is 12.5 Å². The molecule has 0 saturated heterocycles. The van der Waals surface area contributed by atoms with E-state index in [-0.39, 0.29) is 5.78 Å². The maximum absolute atomic E-state index is 11.3. The van der Waals surface area contributed by atoms with Crippen molar-refractivity contribution >= 4 is 16.8 Å². The van der Waals surface area contributed by atoms with Crippen molar-refractivity contribution < 1.29 is 13.6 Å². The molecule has 4 rings (SSSR count). The van der Waals surface area contributed by atoms with Crippen LogP contribution in [-0.4, -0.2) is 15.8 Å². The highest BCUT2D eigenvalue weighted by Crippen LogP contribution is 2.31. The van der Waals surface area contributed by atoms with Crippen LogP contribution < -0.4 is 0 Å². The van der Waals surface area contributed by atoms with Crippen molar-refractivity contribution in [2.75, 3.05) is 0 Å². The Labute approximate surface area is 138 Å². The van der Waals surface area contributed by atoms with Crippen molar-refractivity contribution in [3.05, 3.63) is 60.6 Å². The first-order valence-electron chi connectivity index (χ1n) is 7.58. The number of benzene rings is 1. The Morgan fingerprint density at radius 2 is 1.54 bits per heavy atom. The molecule has 0 bridgehead atoms. The van der Waals surface area contributed by atoms with Crippen LogP contribution in [0.5, 0.6) is 0 Å². The van der Waals surface area contributed by atoms with Gasteiger partial charge in [0.2, 0.25) is 0 Å². The fourth-order valence-electron chi connectivity index (χ4n) is 2.67. The molecule has 0 saturated carbocycles. The second kappa shape index (κ2) is 5.77. The van der Waals surface area contributed by atoms with Crippen LogP contribution in [0.25, 0.3) is 33.9 Å². The maximum atomic E-state index is 11.3. The molecule has 0 N–H and O–H groups in total. The summed E-state index contributed by atoms with van der Waals surface area (Å²) in [5.41, 5.74) is 3.61. The summed E-state index contributed by atoms with van der Waals surface area (Å²) < 4.78 is 11.0. The van der Waals surface area contributed by atoms with Crippen LogP contribution in [0.15, 0.2) is 63.8 Å². The Morgan fingerprint density at radius 3 is 2.08 bits per heavy atom. The van der Waals surface area contributed by atoms with Gasteiger partial charge in [0.1, 0.15) is 17.2 Å². The minimum atomic E-state index is 0.112. The van der Waals surface area contributed by atoms with E-state index >= 15 is 0 Å². The van der Waals surface area contributed by atoms with Crippen molar-refractivity contribution in [1.29, 1.82) is 0 Å². The van der Waals surface area contributed by atoms with E-state index < -0.39 is 0 Å². The van der Waals surface area contributed by atoms with Crippen LogP contribution in [-0.2, 0) is 11.2 Å². The number of furan rings is 2. The minimum absolute atomic E-state index is 0.112. The number of carbonyl (C=O) groups is 1. The first-order chi connectivity index (χ1) is 11.7. The molecule has 0 amide bonds. The van der Waals surface area contributed by atoms with Crippen molar-refractivity contribution in [3.8, 4) is 22.9 Å². The van der Waals surface area contributed by atoms with Crippen LogP contribution in [0, 0.1) is 0 Å². The van der Waals surface area contributed by atoms with Gasteiger partial charge in [-0.15, -0.1) is 0 Å². The van der Waals surface area contributed by atoms with Gasteiger partial charge in [0.25, 0.3) is 0 Å². The van der Waals surface area contributed by atoms with Gasteiger partial charge in [0, 0.05) is 6.42 Å². The molecular weight excluding hydrogens is 304 g/mol. The van der Waals surface area contributed by atoms with Gasteiger partial charge in [-0.25, -0.2) is 9.97 Å². The lowest BCUT2D eigenvalue weighted by atomic mass is 10.1. The lowest BCUT2D eigenvalue weighted by Gasteiger charge is -2.07. The molecule has 0 radical (unpaired) electrons. The number of Topliss-reactive ketones (excluding diaryl/α,β-unsaturated/α-hetero) is 1. The zero-order valence-electron chi connectivity index (χ0n) is 13.0. The largest absolute Gasteiger partial charge is 0.463 e. The molecule has 5 nitrogen and oxygen atoms in total. The number of nitrogens with zero attached hydrogens (tertiary/aromatic N) is 2. The highest BCUT2D eigenvalue weighted by molar-refractivity contribution is 5.85. The first-order valence-corrected chi connectivity index (χ1v) is 7.58. The van der Waals surface area contributed by atoms with Gasteiger partial charge >= 0.3 is 0 Å². The third kappa shape index (κ3) is 2.60. The zero-order valence-corrected chi connectivity index (χ0v) is 13.0. The molecule has 0 aliphatic rings. The van der Waals surface area contributed by atoms with Gasteiger partial charge in [0.05, 0.1) is 23.6 Å². The summed E-state index contributed by atoms with van der Waals surface area (Å²) in [7, 11) is 0. The maximum Gasteiger partial charge on any atom is 0.154 e. The molecule has 0 aliphatic carbocycles. The summed E-state index contributed by atoms with van der Waals surface area (Å²) in [5.74, 6) is 1.36. The summed E-state index contributed by atoms with van der Waals surface area (Å²) in [4.78, 5) is 20.8. The molecule has 5 heteroatoms. The normalized spacial score (nSPS) is 11.0. The molecule has 3 aromatic heterocycles. The number of aromatic nitrogens is 2. The van der Waals surface area contributed by atoms with Gasteiger partial charge in [-0.1, -0.05) is 6.07 Å². The van der Waals surface area contributed by atoms with Gasteiger partial charge in [-0.05, 0) is 48.9 Å². The molecule has 3 heterocycles. The number of carbonyl (C=O) groups excluding carboxylic acids is 1. The topological polar surface area (TPSA) is 69.1 Å². The van der Waals surface area contributed by atoms with E-state index in [9.17, 15) is 4.79 Å². The molecule has 24 heavy (non-hydrogen) atoms. The average molecular weight is 318 g/mol. The summed E-state index contributed by atoms with van der Waals surface area (Å²) in [6.07, 6.45) is 3.58. The molecule has 0 atom stereocenters. The lowest BCUT2D eigenvalue weighted by molar-refractivity contribution is -0.116. The first kappa shape index (κ1) is 14.4. The van der Waals surface area contributed by atoms with E-state index in [2.05, 4.69) is 0 Å². The fourth-order valence-corrected chi connectivity index (χ4v) is 2.67. The van der Waals surface area contributed by atoms with Crippen LogP contribution in [0.3, 0.4) is 0 Å². The van der Waals surface area contributed by atoms with Crippen molar-refractivity contribution in [2.24, 2.45) is 0 Å². The van der Waals surface area contributed by atoms with E-state index in [0.29, 0.717) is 29.3 Å². The fraction of sp³-hybridized carbons (Fsp3) is 0.105. The Kier molecular flexibility index (Phi) is 3.46. The predicted molar refractivity (Wildman–Crippen MR) is 89.3 cm³/mol. The van der Waals surface area contributed by atoms with Crippen molar-refractivity contribution in [1.82, 2.24) is 9.97 Å². The minimum Gasteiger partial charge on any atom is -0.463 e. The van der Waals surface area contributed by atoms with Gasteiger partial charge in [0.15, 0.2) is 11.5 Å². The highest BCUT2D eigenvalue weighted by atomic mass is 16.3. The third-order valence-electron chi connectivity index (χ3n) is 3.69. The number of ketones is 1. The van der Waals surface area contributed by atoms with E-state index in [1.54, 1.807) is 25.5 Å². The summed E-state index contributed by atoms with van der Waals surface area (Å²) in [6, 6.07) is 13.0. The standard InChI is InChI=1S/C19H14N2O3/c1-12(22)10-13-6-7-14-15(11-13)21-19(17-5-3-9-24-17)18(20-14)16-4-2-8-23-16/h2-9,11H,10H2,1H3. The van der Waals surface area contributed by atoms with Crippen LogP contribution >= 0.6 is 0 Å². The molecule has 0 spiro atoms. The van der Waals surface area contributed by atoms with E-state index in [1.165, 1.54) is 0 Å². The van der Waals surface area contributed by atoms with E-state index in [4.69, 9.17) is 18.8 Å². The van der Waals surface area contributed by atoms with Crippen LogP contribution in [0.4, 0.5) is 0 Å². The lowest BCUT2D eigenvalue weighted by Crippen LogP contribution is -1.98. The third-order valence-corrected chi connectivity index (χ3v) is 3.69. The Bertz CT molecular complexity index is 1000. The Morgan fingerprint density at radius 1 is 0.917 bits per heavy atom. The molecule has 4 aromatic rings. The highest BCUT2D eigenvalue weighted by Gasteiger charge is 2.17. The molecule has 1 aromatic carbocycles. The molecule has 0 aliphatic heterocycles. The molecule has 0 fully saturated rings. The quantitative estimate of drug-likeness (QED) is 0.561. The monoisotopic (exact) mass is 318 g/mol. The summed E-state index contributed by atoms with van der Waals surface area (Å²) in [5, 5.41) is 0. The average Bonchev–Trinajstić information content (AvgIpc) is 3.26.